The van der Waals surface area contributed by atoms with Crippen molar-refractivity contribution in [3.8, 4) is 21.7 Å². The number of thiazole rings is 1. The second kappa shape index (κ2) is 8.98. The molecule has 1 aromatic heterocycles. The fourth-order valence-corrected chi connectivity index (χ4v) is 4.05. The van der Waals surface area contributed by atoms with Crippen LogP contribution in [0.4, 0.5) is 0 Å². The Morgan fingerprint density at radius 1 is 1.17 bits per heavy atom. The summed E-state index contributed by atoms with van der Waals surface area (Å²) in [6, 6.07) is 14.0. The Morgan fingerprint density at radius 3 is 2.63 bits per heavy atom. The second-order valence-corrected chi connectivity index (χ2v) is 8.84. The van der Waals surface area contributed by atoms with Gasteiger partial charge in [-0.2, -0.15) is 0 Å². The molecule has 0 atom stereocenters. The molecule has 0 aliphatic rings. The van der Waals surface area contributed by atoms with Crippen molar-refractivity contribution in [3.05, 3.63) is 64.1 Å². The lowest BCUT2D eigenvalue weighted by Gasteiger charge is -2.20. The van der Waals surface area contributed by atoms with Crippen molar-refractivity contribution < 1.29 is 14.7 Å². The molecular weight excluding hydrogens is 420 g/mol. The third kappa shape index (κ3) is 5.07. The van der Waals surface area contributed by atoms with Crippen molar-refractivity contribution in [1.29, 1.82) is 0 Å². The molecule has 0 radical (unpaired) electrons. The van der Waals surface area contributed by atoms with Gasteiger partial charge in [0, 0.05) is 16.0 Å². The van der Waals surface area contributed by atoms with E-state index < -0.39 is 11.5 Å². The number of aliphatic carboxylic acids is 1. The summed E-state index contributed by atoms with van der Waals surface area (Å²) in [5.74, 6) is -1.47. The summed E-state index contributed by atoms with van der Waals surface area (Å²) in [6.45, 7) is 5.01. The molecular formula is C23H23ClN2O3S. The maximum absolute atomic E-state index is 12.3. The number of aromatic nitrogens is 1. The second-order valence-electron chi connectivity index (χ2n) is 7.54. The molecule has 3 rings (SSSR count). The molecule has 0 saturated heterocycles. The highest BCUT2D eigenvalue weighted by Gasteiger charge is 2.29. The van der Waals surface area contributed by atoms with Crippen molar-refractivity contribution in [3.63, 3.8) is 0 Å². The van der Waals surface area contributed by atoms with E-state index in [1.54, 1.807) is 0 Å². The lowest BCUT2D eigenvalue weighted by Crippen LogP contribution is -2.50. The van der Waals surface area contributed by atoms with E-state index in [0.29, 0.717) is 10.7 Å². The van der Waals surface area contributed by atoms with Crippen molar-refractivity contribution in [1.82, 2.24) is 10.3 Å². The van der Waals surface area contributed by atoms with Gasteiger partial charge in [0.05, 0.1) is 12.1 Å². The average molecular weight is 443 g/mol. The summed E-state index contributed by atoms with van der Waals surface area (Å²) >= 11 is 7.71. The number of carboxylic acid groups (broad SMARTS) is 1. The number of carbonyl (C=O) groups is 2. The molecule has 156 valence electrons. The van der Waals surface area contributed by atoms with Crippen molar-refractivity contribution in [2.45, 2.75) is 39.2 Å². The van der Waals surface area contributed by atoms with Crippen molar-refractivity contribution in [2.24, 2.45) is 0 Å². The van der Waals surface area contributed by atoms with E-state index in [2.05, 4.69) is 29.4 Å². The smallest absolute Gasteiger partial charge is 0.328 e. The number of amides is 1. The van der Waals surface area contributed by atoms with Gasteiger partial charge in [-0.3, -0.25) is 4.79 Å². The highest BCUT2D eigenvalue weighted by molar-refractivity contribution is 7.13. The minimum Gasteiger partial charge on any atom is -0.480 e. The van der Waals surface area contributed by atoms with Gasteiger partial charge in [0.1, 0.15) is 10.5 Å². The van der Waals surface area contributed by atoms with Gasteiger partial charge in [-0.25, -0.2) is 9.78 Å². The number of hydrogen-bond acceptors (Lipinski definition) is 4. The van der Waals surface area contributed by atoms with Gasteiger partial charge >= 0.3 is 5.97 Å². The van der Waals surface area contributed by atoms with Gasteiger partial charge in [-0.05, 0) is 55.2 Å². The Kier molecular flexibility index (Phi) is 6.58. The Morgan fingerprint density at radius 2 is 1.93 bits per heavy atom. The summed E-state index contributed by atoms with van der Waals surface area (Å²) < 4.78 is 0. The third-order valence-corrected chi connectivity index (χ3v) is 5.90. The monoisotopic (exact) mass is 442 g/mol. The Balaban J connectivity index is 1.88. The Bertz CT molecular complexity index is 1090. The maximum Gasteiger partial charge on any atom is 0.328 e. The fourth-order valence-electron chi connectivity index (χ4n) is 3.02. The minimum absolute atomic E-state index is 0.0153. The van der Waals surface area contributed by atoms with Gasteiger partial charge in [0.25, 0.3) is 0 Å². The van der Waals surface area contributed by atoms with E-state index in [9.17, 15) is 9.59 Å². The maximum atomic E-state index is 12.3. The third-order valence-electron chi connectivity index (χ3n) is 4.74. The fraction of sp³-hybridized carbons (Fsp3) is 0.261. The SMILES string of the molecule is CCc1cccc(-c2cc(Cl)ccc2-c2nc(CC(=O)NC(C)(C)C(=O)O)cs2)c1. The lowest BCUT2D eigenvalue weighted by atomic mass is 9.97. The molecule has 30 heavy (non-hydrogen) atoms. The molecule has 0 aliphatic heterocycles. The first-order valence-electron chi connectivity index (χ1n) is 9.57. The topological polar surface area (TPSA) is 79.3 Å². The summed E-state index contributed by atoms with van der Waals surface area (Å²) in [5, 5.41) is 14.9. The highest BCUT2D eigenvalue weighted by Crippen LogP contribution is 2.36. The molecule has 5 nitrogen and oxygen atoms in total. The van der Waals surface area contributed by atoms with Gasteiger partial charge in [0.15, 0.2) is 0 Å². The summed E-state index contributed by atoms with van der Waals surface area (Å²) in [5.41, 5.74) is 3.48. The van der Waals surface area contributed by atoms with Crippen LogP contribution in [0.2, 0.25) is 5.02 Å². The molecule has 1 heterocycles. The number of carboxylic acids is 1. The zero-order valence-corrected chi connectivity index (χ0v) is 18.6. The quantitative estimate of drug-likeness (QED) is 0.526. The van der Waals surface area contributed by atoms with Gasteiger partial charge in [-0.15, -0.1) is 11.3 Å². The lowest BCUT2D eigenvalue weighted by molar-refractivity contribution is -0.145. The molecule has 0 aliphatic carbocycles. The van der Waals surface area contributed by atoms with Gasteiger partial charge in [-0.1, -0.05) is 42.8 Å². The van der Waals surface area contributed by atoms with E-state index in [0.717, 1.165) is 28.1 Å². The number of hydrogen-bond donors (Lipinski definition) is 2. The van der Waals surface area contributed by atoms with Gasteiger partial charge in [0.2, 0.25) is 5.91 Å². The Hall–Kier alpha value is -2.70. The van der Waals surface area contributed by atoms with E-state index in [1.165, 1.54) is 30.7 Å². The standard InChI is InChI=1S/C23H23ClN2O3S/c1-4-14-6-5-7-15(10-14)19-11-16(24)8-9-18(19)21-25-17(13-30-21)12-20(27)26-23(2,3)22(28)29/h5-11,13H,4,12H2,1-3H3,(H,26,27)(H,28,29). The van der Waals surface area contributed by atoms with Crippen LogP contribution in [0.1, 0.15) is 32.0 Å². The number of aryl methyl sites for hydroxylation is 1. The van der Waals surface area contributed by atoms with Crippen LogP contribution < -0.4 is 5.32 Å². The molecule has 0 unspecified atom stereocenters. The number of nitrogens with zero attached hydrogens (tertiary/aromatic N) is 1. The van der Waals surface area contributed by atoms with E-state index in [1.807, 2.05) is 35.7 Å². The highest BCUT2D eigenvalue weighted by atomic mass is 35.5. The van der Waals surface area contributed by atoms with Crippen molar-refractivity contribution in [2.75, 3.05) is 0 Å². The summed E-state index contributed by atoms with van der Waals surface area (Å²) in [6.07, 6.45) is 0.953. The summed E-state index contributed by atoms with van der Waals surface area (Å²) in [7, 11) is 0. The molecule has 0 spiro atoms. The number of halogens is 1. The number of benzene rings is 2. The van der Waals surface area contributed by atoms with Crippen LogP contribution in [-0.2, 0) is 22.4 Å². The molecule has 2 N–H and O–H groups in total. The predicted octanol–water partition coefficient (Wildman–Crippen LogP) is 5.21. The van der Waals surface area contributed by atoms with E-state index in [4.69, 9.17) is 16.7 Å². The molecule has 0 saturated carbocycles. The molecule has 3 aromatic rings. The number of carbonyl (C=O) groups excluding carboxylic acids is 1. The Labute approximate surface area is 184 Å². The van der Waals surface area contributed by atoms with Crippen LogP contribution >= 0.6 is 22.9 Å². The van der Waals surface area contributed by atoms with Gasteiger partial charge < -0.3 is 10.4 Å². The van der Waals surface area contributed by atoms with Crippen LogP contribution in [0.3, 0.4) is 0 Å². The van der Waals surface area contributed by atoms with Crippen LogP contribution in [0, 0.1) is 0 Å². The summed E-state index contributed by atoms with van der Waals surface area (Å²) in [4.78, 5) is 28.1. The van der Waals surface area contributed by atoms with Crippen LogP contribution in [-0.4, -0.2) is 27.5 Å². The van der Waals surface area contributed by atoms with Crippen LogP contribution in [0.5, 0.6) is 0 Å². The van der Waals surface area contributed by atoms with E-state index >= 15 is 0 Å². The molecule has 7 heteroatoms. The molecule has 0 bridgehead atoms. The number of rotatable bonds is 7. The first kappa shape index (κ1) is 22.0. The molecule has 1 amide bonds. The largest absolute Gasteiger partial charge is 0.480 e. The molecule has 0 fully saturated rings. The normalized spacial score (nSPS) is 11.3. The van der Waals surface area contributed by atoms with Crippen LogP contribution in [0.25, 0.3) is 21.7 Å². The zero-order chi connectivity index (χ0) is 21.9. The van der Waals surface area contributed by atoms with Crippen molar-refractivity contribution >= 4 is 34.8 Å². The predicted molar refractivity (Wildman–Crippen MR) is 121 cm³/mol. The average Bonchev–Trinajstić information content (AvgIpc) is 3.15. The van der Waals surface area contributed by atoms with E-state index in [-0.39, 0.29) is 12.3 Å². The first-order valence-corrected chi connectivity index (χ1v) is 10.8. The molecule has 2 aromatic carbocycles. The van der Waals surface area contributed by atoms with Crippen LogP contribution in [0.15, 0.2) is 47.8 Å². The minimum atomic E-state index is -1.33. The number of nitrogens with one attached hydrogen (secondary N) is 1. The zero-order valence-electron chi connectivity index (χ0n) is 17.0. The first-order chi connectivity index (χ1) is 14.2.